The highest BCUT2D eigenvalue weighted by Gasteiger charge is 2.35. The molecule has 57 heavy (non-hydrogen) atoms. The summed E-state index contributed by atoms with van der Waals surface area (Å²) < 4.78 is 0. The standard InChI is InChI=1S/C52H35N5/c1-52(2)42-17-8-7-16-40(42)41-24-21-37(29-43(41)52)46-26-23-34-20-19-33-22-25-45(54-49(33)50(34)55-46)36-14-10-15-38(27-36)51-56-47(32-11-4-3-5-12-32)30-48(57-51)39-28-35-13-6-9-18-44(35)53-31-39/h3-31H,1-2H3. The summed E-state index contributed by atoms with van der Waals surface area (Å²) in [5.74, 6) is 0.638. The van der Waals surface area contributed by atoms with E-state index < -0.39 is 0 Å². The van der Waals surface area contributed by atoms with Crippen molar-refractivity contribution in [2.45, 2.75) is 19.3 Å². The summed E-state index contributed by atoms with van der Waals surface area (Å²) in [5.41, 5.74) is 16.4. The highest BCUT2D eigenvalue weighted by molar-refractivity contribution is 6.04. The van der Waals surface area contributed by atoms with Crippen molar-refractivity contribution in [2.24, 2.45) is 0 Å². The third kappa shape index (κ3) is 5.58. The van der Waals surface area contributed by atoms with Gasteiger partial charge in [0, 0.05) is 55.6 Å². The molecule has 11 rings (SSSR count). The topological polar surface area (TPSA) is 64.5 Å². The number of hydrogen-bond donors (Lipinski definition) is 0. The second-order valence-electron chi connectivity index (χ2n) is 15.4. The highest BCUT2D eigenvalue weighted by atomic mass is 14.9. The van der Waals surface area contributed by atoms with Crippen LogP contribution in [0.2, 0.25) is 0 Å². The monoisotopic (exact) mass is 729 g/mol. The molecule has 0 bridgehead atoms. The zero-order chi connectivity index (χ0) is 38.1. The van der Waals surface area contributed by atoms with E-state index in [1.165, 1.54) is 22.3 Å². The van der Waals surface area contributed by atoms with Crippen LogP contribution in [-0.2, 0) is 5.41 Å². The van der Waals surface area contributed by atoms with E-state index in [1.807, 2.05) is 48.7 Å². The fourth-order valence-electron chi connectivity index (χ4n) is 8.46. The molecule has 0 unspecified atom stereocenters. The molecule has 0 saturated carbocycles. The third-order valence-corrected chi connectivity index (χ3v) is 11.5. The Balaban J connectivity index is 1.00. The minimum Gasteiger partial charge on any atom is -0.256 e. The molecule has 4 heterocycles. The van der Waals surface area contributed by atoms with E-state index in [-0.39, 0.29) is 5.41 Å². The molecule has 6 aromatic carbocycles. The molecule has 5 nitrogen and oxygen atoms in total. The summed E-state index contributed by atoms with van der Waals surface area (Å²) in [6.45, 7) is 4.63. The summed E-state index contributed by atoms with van der Waals surface area (Å²) in [7, 11) is 0. The maximum Gasteiger partial charge on any atom is 0.160 e. The molecule has 0 aliphatic heterocycles. The van der Waals surface area contributed by atoms with Crippen molar-refractivity contribution in [1.29, 1.82) is 0 Å². The lowest BCUT2D eigenvalue weighted by Gasteiger charge is -2.21. The lowest BCUT2D eigenvalue weighted by Crippen LogP contribution is -2.14. The molecule has 268 valence electrons. The van der Waals surface area contributed by atoms with Gasteiger partial charge in [-0.15, -0.1) is 0 Å². The fraction of sp³-hybridized carbons (Fsp3) is 0.0577. The molecule has 0 spiro atoms. The van der Waals surface area contributed by atoms with Gasteiger partial charge in [-0.25, -0.2) is 19.9 Å². The Bertz CT molecular complexity index is 3220. The molecule has 0 radical (unpaired) electrons. The van der Waals surface area contributed by atoms with E-state index in [0.29, 0.717) is 5.82 Å². The first kappa shape index (κ1) is 33.0. The van der Waals surface area contributed by atoms with Gasteiger partial charge in [0.1, 0.15) is 0 Å². The van der Waals surface area contributed by atoms with Gasteiger partial charge >= 0.3 is 0 Å². The van der Waals surface area contributed by atoms with Crippen molar-refractivity contribution in [3.8, 4) is 67.5 Å². The number of aromatic nitrogens is 5. The zero-order valence-corrected chi connectivity index (χ0v) is 31.5. The molecular formula is C52H35N5. The average Bonchev–Trinajstić information content (AvgIpc) is 3.51. The van der Waals surface area contributed by atoms with Crippen molar-refractivity contribution in [3.63, 3.8) is 0 Å². The lowest BCUT2D eigenvalue weighted by molar-refractivity contribution is 0.660. The average molecular weight is 730 g/mol. The predicted molar refractivity (Wildman–Crippen MR) is 233 cm³/mol. The molecule has 0 N–H and O–H groups in total. The van der Waals surface area contributed by atoms with Gasteiger partial charge in [0.2, 0.25) is 0 Å². The van der Waals surface area contributed by atoms with Crippen LogP contribution in [0, 0.1) is 0 Å². The second kappa shape index (κ2) is 12.9. The minimum atomic E-state index is -0.0837. The van der Waals surface area contributed by atoms with Gasteiger partial charge in [0.15, 0.2) is 5.82 Å². The van der Waals surface area contributed by atoms with Crippen LogP contribution >= 0.6 is 0 Å². The minimum absolute atomic E-state index is 0.0837. The molecular weight excluding hydrogens is 695 g/mol. The van der Waals surface area contributed by atoms with Crippen molar-refractivity contribution in [2.75, 3.05) is 0 Å². The number of rotatable bonds is 5. The van der Waals surface area contributed by atoms with E-state index in [1.54, 1.807) is 0 Å². The molecule has 0 saturated heterocycles. The maximum absolute atomic E-state index is 5.30. The van der Waals surface area contributed by atoms with E-state index in [0.717, 1.165) is 83.3 Å². The normalized spacial score (nSPS) is 12.9. The maximum atomic E-state index is 5.30. The molecule has 0 fully saturated rings. The molecule has 5 heteroatoms. The van der Waals surface area contributed by atoms with Crippen molar-refractivity contribution < 1.29 is 0 Å². The van der Waals surface area contributed by atoms with E-state index in [4.69, 9.17) is 24.9 Å². The van der Waals surface area contributed by atoms with E-state index in [9.17, 15) is 0 Å². The molecule has 10 aromatic rings. The Morgan fingerprint density at radius 2 is 0.982 bits per heavy atom. The molecule has 0 amide bonds. The molecule has 0 atom stereocenters. The van der Waals surface area contributed by atoms with Gasteiger partial charge in [0.25, 0.3) is 0 Å². The summed E-state index contributed by atoms with van der Waals surface area (Å²) >= 11 is 0. The van der Waals surface area contributed by atoms with Crippen LogP contribution in [0.15, 0.2) is 176 Å². The first-order chi connectivity index (χ1) is 28.0. The summed E-state index contributed by atoms with van der Waals surface area (Å²) in [6, 6.07) is 59.3. The SMILES string of the molecule is CC1(C)c2ccccc2-c2ccc(-c3ccc4ccc5ccc(-c6cccc(-c7nc(-c8ccccc8)cc(-c8cnc9ccccc9c8)n7)c6)nc5c4n3)cc21. The predicted octanol–water partition coefficient (Wildman–Crippen LogP) is 12.8. The number of para-hydroxylation sites is 1. The summed E-state index contributed by atoms with van der Waals surface area (Å²) in [6.07, 6.45) is 1.90. The lowest BCUT2D eigenvalue weighted by atomic mass is 9.82. The van der Waals surface area contributed by atoms with Gasteiger partial charge < -0.3 is 0 Å². The van der Waals surface area contributed by atoms with Crippen LogP contribution in [0.4, 0.5) is 0 Å². The van der Waals surface area contributed by atoms with Crippen LogP contribution in [-0.4, -0.2) is 24.9 Å². The van der Waals surface area contributed by atoms with E-state index in [2.05, 4.69) is 141 Å². The number of fused-ring (bicyclic) bond motifs is 7. The summed E-state index contributed by atoms with van der Waals surface area (Å²) in [5, 5.41) is 3.17. The Kier molecular flexibility index (Phi) is 7.45. The molecule has 1 aliphatic carbocycles. The smallest absolute Gasteiger partial charge is 0.160 e. The van der Waals surface area contributed by atoms with Crippen molar-refractivity contribution >= 4 is 32.7 Å². The number of nitrogens with zero attached hydrogens (tertiary/aromatic N) is 5. The van der Waals surface area contributed by atoms with Crippen LogP contribution in [0.3, 0.4) is 0 Å². The van der Waals surface area contributed by atoms with Crippen molar-refractivity contribution in [1.82, 2.24) is 24.9 Å². The van der Waals surface area contributed by atoms with Gasteiger partial charge in [-0.1, -0.05) is 141 Å². The van der Waals surface area contributed by atoms with Crippen LogP contribution < -0.4 is 0 Å². The first-order valence-corrected chi connectivity index (χ1v) is 19.3. The Morgan fingerprint density at radius 1 is 0.368 bits per heavy atom. The van der Waals surface area contributed by atoms with Gasteiger partial charge in [-0.3, -0.25) is 4.98 Å². The highest BCUT2D eigenvalue weighted by Crippen LogP contribution is 2.49. The third-order valence-electron chi connectivity index (χ3n) is 11.5. The second-order valence-corrected chi connectivity index (χ2v) is 15.4. The number of benzene rings is 6. The van der Waals surface area contributed by atoms with Crippen molar-refractivity contribution in [3.05, 3.63) is 187 Å². The van der Waals surface area contributed by atoms with E-state index >= 15 is 0 Å². The molecule has 4 aromatic heterocycles. The van der Waals surface area contributed by atoms with Crippen LogP contribution in [0.25, 0.3) is 100 Å². The Hall–Kier alpha value is -7.37. The Morgan fingerprint density at radius 3 is 1.77 bits per heavy atom. The molecule has 1 aliphatic rings. The van der Waals surface area contributed by atoms with Gasteiger partial charge in [-0.2, -0.15) is 0 Å². The number of pyridine rings is 3. The van der Waals surface area contributed by atoms with Gasteiger partial charge in [0.05, 0.1) is 39.3 Å². The largest absolute Gasteiger partial charge is 0.256 e. The Labute approximate surface area is 330 Å². The van der Waals surface area contributed by atoms with Gasteiger partial charge in [-0.05, 0) is 64.7 Å². The van der Waals surface area contributed by atoms with Crippen LogP contribution in [0.5, 0.6) is 0 Å². The number of hydrogen-bond acceptors (Lipinski definition) is 5. The zero-order valence-electron chi connectivity index (χ0n) is 31.5. The summed E-state index contributed by atoms with van der Waals surface area (Å²) in [4.78, 5) is 25.6. The van der Waals surface area contributed by atoms with Crippen LogP contribution in [0.1, 0.15) is 25.0 Å². The quantitative estimate of drug-likeness (QED) is 0.165. The fourth-order valence-corrected chi connectivity index (χ4v) is 8.46. The first-order valence-electron chi connectivity index (χ1n) is 19.3.